The molecule has 3 rings (SSSR count). The summed E-state index contributed by atoms with van der Waals surface area (Å²) in [4.78, 5) is 21.6. The van der Waals surface area contributed by atoms with Gasteiger partial charge in [-0.15, -0.1) is 0 Å². The minimum atomic E-state index is -0.366. The van der Waals surface area contributed by atoms with Crippen LogP contribution in [0.1, 0.15) is 36.5 Å². The highest BCUT2D eigenvalue weighted by atomic mass is 16.5. The van der Waals surface area contributed by atoms with Crippen LogP contribution in [0.3, 0.4) is 0 Å². The zero-order chi connectivity index (χ0) is 19.2. The highest BCUT2D eigenvalue weighted by molar-refractivity contribution is 6.03. The van der Waals surface area contributed by atoms with Crippen LogP contribution in [0.5, 0.6) is 0 Å². The second-order valence-electron chi connectivity index (χ2n) is 6.71. The topological polar surface area (TPSA) is 92.9 Å². The number of hydrogen-bond acceptors (Lipinski definition) is 6. The number of anilines is 2. The first-order valence-electron chi connectivity index (χ1n) is 8.94. The van der Waals surface area contributed by atoms with Gasteiger partial charge in [0.2, 0.25) is 0 Å². The van der Waals surface area contributed by atoms with Crippen LogP contribution in [0, 0.1) is 12.8 Å². The zero-order valence-corrected chi connectivity index (χ0v) is 15.7. The van der Waals surface area contributed by atoms with Crippen LogP contribution in [0.15, 0.2) is 47.0 Å². The van der Waals surface area contributed by atoms with Gasteiger partial charge in [-0.05, 0) is 19.3 Å². The molecule has 0 unspecified atom stereocenters. The van der Waals surface area contributed by atoms with Crippen molar-refractivity contribution >= 4 is 17.5 Å². The third-order valence-electron chi connectivity index (χ3n) is 3.89. The van der Waals surface area contributed by atoms with Crippen molar-refractivity contribution in [2.75, 3.05) is 17.2 Å². The number of hydrogen-bond donors (Lipinski definition) is 2. The molecule has 1 amide bonds. The molecule has 3 aromatic rings. The number of carbonyl (C=O) groups excluding carboxylic acids is 1. The van der Waals surface area contributed by atoms with Crippen LogP contribution in [0.2, 0.25) is 0 Å². The first kappa shape index (κ1) is 18.6. The molecule has 2 heterocycles. The van der Waals surface area contributed by atoms with Gasteiger partial charge in [-0.1, -0.05) is 49.3 Å². The number of nitrogens with zero attached hydrogens (tertiary/aromatic N) is 3. The quantitative estimate of drug-likeness (QED) is 0.653. The highest BCUT2D eigenvalue weighted by Crippen LogP contribution is 2.19. The Morgan fingerprint density at radius 1 is 1.11 bits per heavy atom. The minimum Gasteiger partial charge on any atom is -0.370 e. The van der Waals surface area contributed by atoms with Gasteiger partial charge in [0.25, 0.3) is 5.91 Å². The summed E-state index contributed by atoms with van der Waals surface area (Å²) in [5, 5.41) is 9.77. The number of benzene rings is 1. The van der Waals surface area contributed by atoms with Gasteiger partial charge in [0.05, 0.1) is 0 Å². The number of amides is 1. The maximum absolute atomic E-state index is 12.6. The highest BCUT2D eigenvalue weighted by Gasteiger charge is 2.15. The summed E-state index contributed by atoms with van der Waals surface area (Å²) in [5.41, 5.74) is 1.10. The number of carbonyl (C=O) groups is 1. The molecule has 140 valence electrons. The lowest BCUT2D eigenvalue weighted by Crippen LogP contribution is -2.16. The molecular formula is C20H23N5O2. The van der Waals surface area contributed by atoms with E-state index in [9.17, 15) is 4.79 Å². The maximum atomic E-state index is 12.6. The predicted octanol–water partition coefficient (Wildman–Crippen LogP) is 4.15. The molecule has 0 aliphatic carbocycles. The van der Waals surface area contributed by atoms with Crippen molar-refractivity contribution in [2.24, 2.45) is 5.92 Å². The van der Waals surface area contributed by atoms with Crippen LogP contribution < -0.4 is 10.6 Å². The molecule has 27 heavy (non-hydrogen) atoms. The molecule has 2 N–H and O–H groups in total. The van der Waals surface area contributed by atoms with Gasteiger partial charge in [0.1, 0.15) is 17.3 Å². The molecule has 0 saturated heterocycles. The van der Waals surface area contributed by atoms with Gasteiger partial charge in [0, 0.05) is 24.2 Å². The average molecular weight is 365 g/mol. The fraction of sp³-hybridized carbons (Fsp3) is 0.300. The van der Waals surface area contributed by atoms with Gasteiger partial charge in [-0.3, -0.25) is 4.79 Å². The van der Waals surface area contributed by atoms with Crippen LogP contribution in [0.25, 0.3) is 11.4 Å². The Kier molecular flexibility index (Phi) is 5.80. The Hall–Kier alpha value is -3.22. The van der Waals surface area contributed by atoms with Gasteiger partial charge < -0.3 is 15.2 Å². The van der Waals surface area contributed by atoms with E-state index in [0.29, 0.717) is 29.1 Å². The fourth-order valence-corrected chi connectivity index (χ4v) is 2.47. The zero-order valence-electron chi connectivity index (χ0n) is 15.7. The summed E-state index contributed by atoms with van der Waals surface area (Å²) in [6, 6.07) is 12.9. The second kappa shape index (κ2) is 8.44. The van der Waals surface area contributed by atoms with Gasteiger partial charge >= 0.3 is 0 Å². The van der Waals surface area contributed by atoms with Crippen molar-refractivity contribution < 1.29 is 9.32 Å². The number of nitrogens with one attached hydrogen (secondary N) is 2. The molecule has 0 spiro atoms. The summed E-state index contributed by atoms with van der Waals surface area (Å²) in [7, 11) is 0. The lowest BCUT2D eigenvalue weighted by atomic mass is 10.1. The van der Waals surface area contributed by atoms with Crippen LogP contribution >= 0.6 is 0 Å². The van der Waals surface area contributed by atoms with Crippen LogP contribution in [-0.2, 0) is 0 Å². The summed E-state index contributed by atoms with van der Waals surface area (Å²) >= 11 is 0. The second-order valence-corrected chi connectivity index (χ2v) is 6.71. The summed E-state index contributed by atoms with van der Waals surface area (Å²) in [5.74, 6) is 2.29. The summed E-state index contributed by atoms with van der Waals surface area (Å²) in [6.07, 6.45) is 1.00. The van der Waals surface area contributed by atoms with Crippen LogP contribution in [-0.4, -0.2) is 27.6 Å². The normalized spacial score (nSPS) is 10.8. The van der Waals surface area contributed by atoms with E-state index in [0.717, 1.165) is 18.5 Å². The lowest BCUT2D eigenvalue weighted by Gasteiger charge is -2.11. The molecular weight excluding hydrogens is 342 g/mol. The molecule has 2 aromatic heterocycles. The SMILES string of the molecule is Cc1cc(NC(=O)c2cc(NCCC(C)C)nc(-c3ccccc3)n2)no1. The van der Waals surface area contributed by atoms with E-state index in [1.165, 1.54) is 0 Å². The van der Waals surface area contributed by atoms with E-state index in [1.807, 2.05) is 30.3 Å². The molecule has 7 nitrogen and oxygen atoms in total. The number of aromatic nitrogens is 3. The maximum Gasteiger partial charge on any atom is 0.275 e. The van der Waals surface area contributed by atoms with E-state index >= 15 is 0 Å². The minimum absolute atomic E-state index is 0.261. The van der Waals surface area contributed by atoms with E-state index < -0.39 is 0 Å². The Morgan fingerprint density at radius 2 is 1.89 bits per heavy atom. The number of rotatable bonds is 7. The Balaban J connectivity index is 1.87. The molecule has 0 aliphatic heterocycles. The van der Waals surface area contributed by atoms with Crippen molar-refractivity contribution in [2.45, 2.75) is 27.2 Å². The average Bonchev–Trinajstić information content (AvgIpc) is 3.06. The monoisotopic (exact) mass is 365 g/mol. The molecule has 0 atom stereocenters. The predicted molar refractivity (Wildman–Crippen MR) is 105 cm³/mol. The Bertz CT molecular complexity index is 906. The Morgan fingerprint density at radius 3 is 2.56 bits per heavy atom. The first-order chi connectivity index (χ1) is 13.0. The fourth-order valence-electron chi connectivity index (χ4n) is 2.47. The van der Waals surface area contributed by atoms with E-state index in [-0.39, 0.29) is 11.6 Å². The van der Waals surface area contributed by atoms with Crippen molar-refractivity contribution in [3.05, 3.63) is 53.9 Å². The lowest BCUT2D eigenvalue weighted by molar-refractivity contribution is 0.102. The van der Waals surface area contributed by atoms with Crippen molar-refractivity contribution in [3.63, 3.8) is 0 Å². The molecule has 1 aromatic carbocycles. The van der Waals surface area contributed by atoms with E-state index in [1.54, 1.807) is 19.1 Å². The summed E-state index contributed by atoms with van der Waals surface area (Å²) in [6.45, 7) is 6.86. The van der Waals surface area contributed by atoms with E-state index in [2.05, 4.69) is 39.6 Å². The largest absolute Gasteiger partial charge is 0.370 e. The van der Waals surface area contributed by atoms with Gasteiger partial charge in [-0.2, -0.15) is 0 Å². The van der Waals surface area contributed by atoms with E-state index in [4.69, 9.17) is 4.52 Å². The van der Waals surface area contributed by atoms with Gasteiger partial charge in [-0.25, -0.2) is 9.97 Å². The van der Waals surface area contributed by atoms with Gasteiger partial charge in [0.15, 0.2) is 11.6 Å². The first-order valence-corrected chi connectivity index (χ1v) is 8.94. The third kappa shape index (κ3) is 5.13. The Labute approximate surface area is 158 Å². The van der Waals surface area contributed by atoms with Crippen molar-refractivity contribution in [1.82, 2.24) is 15.1 Å². The smallest absolute Gasteiger partial charge is 0.275 e. The van der Waals surface area contributed by atoms with Crippen molar-refractivity contribution in [3.8, 4) is 11.4 Å². The van der Waals surface area contributed by atoms with Crippen molar-refractivity contribution in [1.29, 1.82) is 0 Å². The third-order valence-corrected chi connectivity index (χ3v) is 3.89. The number of aryl methyl sites for hydroxylation is 1. The molecule has 7 heteroatoms. The summed E-state index contributed by atoms with van der Waals surface area (Å²) < 4.78 is 4.98. The van der Waals surface area contributed by atoms with Crippen LogP contribution in [0.4, 0.5) is 11.6 Å². The standard InChI is InChI=1S/C20H23N5O2/c1-13(2)9-10-21-17-12-16(20(26)24-18-11-14(3)27-25-18)22-19(23-17)15-7-5-4-6-8-15/h4-8,11-13H,9-10H2,1-3H3,(H,21,22,23)(H,24,25,26). The molecule has 0 aliphatic rings. The molecule has 0 fully saturated rings. The molecule has 0 saturated carbocycles. The molecule has 0 radical (unpaired) electrons. The molecule has 0 bridgehead atoms.